The summed E-state index contributed by atoms with van der Waals surface area (Å²) >= 11 is 0. The Kier molecular flexibility index (Phi) is 6.31. The molecule has 120 valence electrons. The van der Waals surface area contributed by atoms with E-state index in [2.05, 4.69) is 15.7 Å². The number of rotatable bonds is 5. The van der Waals surface area contributed by atoms with Crippen molar-refractivity contribution in [2.24, 2.45) is 0 Å². The van der Waals surface area contributed by atoms with Crippen molar-refractivity contribution in [3.05, 3.63) is 24.3 Å². The van der Waals surface area contributed by atoms with Crippen molar-refractivity contribution in [3.63, 3.8) is 0 Å². The summed E-state index contributed by atoms with van der Waals surface area (Å²) in [5.74, 6) is -0.280. The van der Waals surface area contributed by atoms with E-state index in [0.29, 0.717) is 20.2 Å². The minimum atomic E-state index is -1.10. The topological polar surface area (TPSA) is 103 Å². The van der Waals surface area contributed by atoms with E-state index in [1.165, 1.54) is 6.92 Å². The fraction of sp³-hybridized carbons (Fsp3) is 0.357. The largest absolute Gasteiger partial charge is 0.425 e. The third-order valence-electron chi connectivity index (χ3n) is 2.58. The highest BCUT2D eigenvalue weighted by molar-refractivity contribution is 7.35. The second-order valence-corrected chi connectivity index (χ2v) is 5.85. The normalized spacial score (nSPS) is 11.1. The predicted octanol–water partition coefficient (Wildman–Crippen LogP) is 1.67. The molecule has 4 N–H and O–H groups in total. The lowest BCUT2D eigenvalue weighted by Crippen LogP contribution is -2.50. The van der Waals surface area contributed by atoms with Gasteiger partial charge in [0, 0.05) is 12.6 Å². The van der Waals surface area contributed by atoms with Crippen molar-refractivity contribution in [1.29, 1.82) is 5.41 Å². The second-order valence-electron chi connectivity index (χ2n) is 5.10. The van der Waals surface area contributed by atoms with Crippen LogP contribution in [0.4, 0.5) is 5.69 Å². The summed E-state index contributed by atoms with van der Waals surface area (Å²) in [6.45, 7) is 6.42. The maximum Gasteiger partial charge on any atom is 0.336 e. The van der Waals surface area contributed by atoms with Gasteiger partial charge in [-0.05, 0) is 53.5 Å². The molecule has 1 amide bonds. The molecule has 7 nitrogen and oxygen atoms in total. The molecule has 0 heterocycles. The molecule has 0 bridgehead atoms. The molecule has 8 heteroatoms. The van der Waals surface area contributed by atoms with Gasteiger partial charge in [-0.25, -0.2) is 4.79 Å². The molecule has 1 atom stereocenters. The highest BCUT2D eigenvalue weighted by atomic mass is 31.1. The van der Waals surface area contributed by atoms with Gasteiger partial charge in [0.15, 0.2) is 5.96 Å². The number of hydrogen-bond acceptors (Lipinski definition) is 4. The van der Waals surface area contributed by atoms with E-state index in [0.717, 1.165) is 0 Å². The molecule has 0 aliphatic heterocycles. The highest BCUT2D eigenvalue weighted by Crippen LogP contribution is 2.18. The van der Waals surface area contributed by atoms with Crippen LogP contribution in [0.1, 0.15) is 20.8 Å². The van der Waals surface area contributed by atoms with E-state index >= 15 is 0 Å². The van der Waals surface area contributed by atoms with Gasteiger partial charge in [0.2, 0.25) is 5.91 Å². The number of nitrogens with one attached hydrogen (secondary N) is 4. The van der Waals surface area contributed by atoms with Gasteiger partial charge in [0.25, 0.3) is 0 Å². The number of guanidine groups is 1. The average molecular weight is 324 g/mol. The molecule has 0 saturated heterocycles. The molecule has 0 aromatic heterocycles. The van der Waals surface area contributed by atoms with Crippen LogP contribution in [0.5, 0.6) is 5.75 Å². The van der Waals surface area contributed by atoms with Crippen molar-refractivity contribution >= 4 is 32.3 Å². The maximum atomic E-state index is 12.0. The van der Waals surface area contributed by atoms with Gasteiger partial charge in [-0.1, -0.05) is 0 Å². The Labute approximate surface area is 131 Å². The second kappa shape index (κ2) is 7.75. The van der Waals surface area contributed by atoms with Gasteiger partial charge < -0.3 is 20.5 Å². The van der Waals surface area contributed by atoms with Crippen LogP contribution < -0.4 is 20.5 Å². The first-order chi connectivity index (χ1) is 10.2. The number of hydrogen-bond donors (Lipinski definition) is 4. The Morgan fingerprint density at radius 3 is 2.32 bits per heavy atom. The summed E-state index contributed by atoms with van der Waals surface area (Å²) in [5, 5.41) is 15.8. The zero-order valence-electron chi connectivity index (χ0n) is 13.0. The van der Waals surface area contributed by atoms with Crippen LogP contribution >= 0.6 is 8.73 Å². The van der Waals surface area contributed by atoms with Gasteiger partial charge >= 0.3 is 5.97 Å². The summed E-state index contributed by atoms with van der Waals surface area (Å²) in [6, 6.07) is 6.63. The van der Waals surface area contributed by atoms with Gasteiger partial charge in [-0.2, -0.15) is 0 Å². The third-order valence-corrected chi connectivity index (χ3v) is 3.08. The highest BCUT2D eigenvalue weighted by Gasteiger charge is 2.30. The lowest BCUT2D eigenvalue weighted by atomic mass is 10.1. The molecule has 0 saturated carbocycles. The summed E-state index contributed by atoms with van der Waals surface area (Å²) in [6.07, 6.45) is 0. The zero-order valence-corrected chi connectivity index (χ0v) is 14.0. The maximum absolute atomic E-state index is 12.0. The van der Waals surface area contributed by atoms with Crippen LogP contribution in [0.2, 0.25) is 0 Å². The van der Waals surface area contributed by atoms with Crippen molar-refractivity contribution in [3.8, 4) is 5.75 Å². The number of esters is 1. The molecule has 1 rings (SSSR count). The number of amides is 1. The molecule has 0 fully saturated rings. The first kappa shape index (κ1) is 17.9. The van der Waals surface area contributed by atoms with E-state index in [-0.39, 0.29) is 11.9 Å². The fourth-order valence-electron chi connectivity index (χ4n) is 1.63. The molecule has 22 heavy (non-hydrogen) atoms. The molecular formula is C14H21N4O3P. The van der Waals surface area contributed by atoms with Crippen LogP contribution in [0, 0.1) is 5.41 Å². The summed E-state index contributed by atoms with van der Waals surface area (Å²) in [4.78, 5) is 23.1. The van der Waals surface area contributed by atoms with Crippen molar-refractivity contribution in [1.82, 2.24) is 10.4 Å². The van der Waals surface area contributed by atoms with Crippen LogP contribution in [0.25, 0.3) is 0 Å². The van der Waals surface area contributed by atoms with Crippen molar-refractivity contribution < 1.29 is 14.3 Å². The minimum absolute atomic E-state index is 0.206. The predicted molar refractivity (Wildman–Crippen MR) is 88.7 cm³/mol. The van der Waals surface area contributed by atoms with Gasteiger partial charge in [-0.15, -0.1) is 0 Å². The third kappa shape index (κ3) is 5.69. The molecule has 0 aliphatic rings. The Hall–Kier alpha value is -2.14. The van der Waals surface area contributed by atoms with Crippen LogP contribution in [-0.2, 0) is 9.59 Å². The van der Waals surface area contributed by atoms with E-state index in [9.17, 15) is 9.59 Å². The monoisotopic (exact) mass is 324 g/mol. The first-order valence-electron chi connectivity index (χ1n) is 6.64. The molecule has 1 aromatic carbocycles. The smallest absolute Gasteiger partial charge is 0.336 e. The molecular weight excluding hydrogens is 303 g/mol. The fourth-order valence-corrected chi connectivity index (χ4v) is 1.95. The summed E-state index contributed by atoms with van der Waals surface area (Å²) < 4.78 is 5.24. The SMILES string of the molecule is CPNC(=N)Nc1ccc(OC(=O)C(C)(C)NC(C)=O)cc1. The van der Waals surface area contributed by atoms with Gasteiger partial charge in [-0.3, -0.25) is 10.2 Å². The number of carbonyl (C=O) groups excluding carboxylic acids is 2. The number of benzene rings is 1. The van der Waals surface area contributed by atoms with E-state index in [1.54, 1.807) is 38.1 Å². The van der Waals surface area contributed by atoms with E-state index in [1.807, 2.05) is 6.66 Å². The Morgan fingerprint density at radius 2 is 1.82 bits per heavy atom. The van der Waals surface area contributed by atoms with Crippen LogP contribution in [-0.4, -0.2) is 30.0 Å². The van der Waals surface area contributed by atoms with E-state index in [4.69, 9.17) is 10.1 Å². The minimum Gasteiger partial charge on any atom is -0.425 e. The Morgan fingerprint density at radius 1 is 1.23 bits per heavy atom. The quantitative estimate of drug-likeness (QED) is 0.217. The summed E-state index contributed by atoms with van der Waals surface area (Å²) in [7, 11) is 0.434. The lowest BCUT2D eigenvalue weighted by Gasteiger charge is -2.23. The molecule has 0 aliphatic carbocycles. The lowest BCUT2D eigenvalue weighted by molar-refractivity contribution is -0.143. The standard InChI is InChI=1S/C14H21N4O3P/c1-9(19)17-14(2,3)12(20)21-11-7-5-10(6-8-11)16-13(15)18-22-4/h5-8,22H,1-4H3,(H,17,19)(H3,15,16,18). The van der Waals surface area contributed by atoms with Crippen molar-refractivity contribution in [2.75, 3.05) is 12.0 Å². The van der Waals surface area contributed by atoms with E-state index < -0.39 is 11.5 Å². The number of ether oxygens (including phenoxy) is 1. The molecule has 1 aromatic rings. The molecule has 0 radical (unpaired) electrons. The first-order valence-corrected chi connectivity index (χ1v) is 8.14. The van der Waals surface area contributed by atoms with Gasteiger partial charge in [0.1, 0.15) is 11.3 Å². The Bertz CT molecular complexity index is 558. The molecule has 1 unspecified atom stereocenters. The average Bonchev–Trinajstić information content (AvgIpc) is 2.39. The zero-order chi connectivity index (χ0) is 16.8. The van der Waals surface area contributed by atoms with Crippen LogP contribution in [0.3, 0.4) is 0 Å². The number of carbonyl (C=O) groups is 2. The van der Waals surface area contributed by atoms with Crippen LogP contribution in [0.15, 0.2) is 24.3 Å². The number of anilines is 1. The molecule has 0 spiro atoms. The summed E-state index contributed by atoms with van der Waals surface area (Å²) in [5.41, 5.74) is -0.395. The van der Waals surface area contributed by atoms with Gasteiger partial charge in [0.05, 0.1) is 0 Å². The van der Waals surface area contributed by atoms with Crippen molar-refractivity contribution in [2.45, 2.75) is 26.3 Å². The Balaban J connectivity index is 2.66.